The van der Waals surface area contributed by atoms with Gasteiger partial charge in [0.05, 0.1) is 26.0 Å². The predicted octanol–water partition coefficient (Wildman–Crippen LogP) is 5.19. The third-order valence-electron chi connectivity index (χ3n) is 4.84. The molecule has 0 unspecified atom stereocenters. The summed E-state index contributed by atoms with van der Waals surface area (Å²) in [5.74, 6) is 0.653. The molecule has 1 atom stereocenters. The van der Waals surface area contributed by atoms with E-state index in [1.165, 1.54) is 17.1 Å². The normalized spacial score (nSPS) is 15.8. The zero-order valence-corrected chi connectivity index (χ0v) is 17.8. The molecule has 0 fully saturated rings. The number of ether oxygens (including phenoxy) is 2. The second-order valence-electron chi connectivity index (χ2n) is 6.67. The number of hydrazone groups is 1. The molecule has 1 aliphatic rings. The Bertz CT molecular complexity index is 1090. The molecule has 0 saturated carbocycles. The van der Waals surface area contributed by atoms with Gasteiger partial charge in [0.25, 0.3) is 0 Å². The lowest BCUT2D eigenvalue weighted by Gasteiger charge is -2.21. The average Bonchev–Trinajstić information content (AvgIpc) is 3.40. The topological polar surface area (TPSA) is 64.3 Å². The summed E-state index contributed by atoms with van der Waals surface area (Å²) in [5.41, 5.74) is 2.22. The number of rotatable bonds is 5. The Hall–Kier alpha value is -3.13. The average molecular weight is 473 g/mol. The third-order valence-corrected chi connectivity index (χ3v) is 5.27. The minimum Gasteiger partial charge on any atom is -0.497 e. The van der Waals surface area contributed by atoms with Crippen molar-refractivity contribution in [1.29, 1.82) is 0 Å². The Labute approximate surface area is 181 Å². The zero-order chi connectivity index (χ0) is 21.3. The first-order valence-electron chi connectivity index (χ1n) is 9.14. The Balaban J connectivity index is 1.75. The Kier molecular flexibility index (Phi) is 5.59. The van der Waals surface area contributed by atoms with E-state index in [1.807, 2.05) is 12.1 Å². The van der Waals surface area contributed by atoms with Crippen molar-refractivity contribution >= 4 is 27.5 Å². The van der Waals surface area contributed by atoms with Crippen molar-refractivity contribution < 1.29 is 23.1 Å². The summed E-state index contributed by atoms with van der Waals surface area (Å²) in [7, 11) is 3.14. The van der Waals surface area contributed by atoms with Gasteiger partial charge in [0.2, 0.25) is 0 Å². The van der Waals surface area contributed by atoms with Gasteiger partial charge in [0, 0.05) is 18.1 Å². The van der Waals surface area contributed by atoms with Crippen LogP contribution < -0.4 is 9.47 Å². The van der Waals surface area contributed by atoms with Crippen molar-refractivity contribution in [3.05, 3.63) is 82.0 Å². The van der Waals surface area contributed by atoms with Crippen LogP contribution >= 0.6 is 15.9 Å². The van der Waals surface area contributed by atoms with Gasteiger partial charge in [-0.25, -0.2) is 9.40 Å². The van der Waals surface area contributed by atoms with Gasteiger partial charge in [-0.2, -0.15) is 5.10 Å². The Morgan fingerprint density at radius 3 is 2.33 bits per heavy atom. The van der Waals surface area contributed by atoms with Crippen LogP contribution in [0.15, 0.2) is 68.8 Å². The van der Waals surface area contributed by atoms with Crippen LogP contribution in [-0.2, 0) is 0 Å². The molecule has 1 aromatic heterocycles. The van der Waals surface area contributed by atoms with Gasteiger partial charge in [-0.1, -0.05) is 12.1 Å². The molecular weight excluding hydrogens is 455 g/mol. The third kappa shape index (κ3) is 3.95. The highest BCUT2D eigenvalue weighted by Crippen LogP contribution is 2.36. The maximum absolute atomic E-state index is 13.4. The Morgan fingerprint density at radius 2 is 1.77 bits per heavy atom. The molecule has 8 heteroatoms. The molecule has 0 bridgehead atoms. The van der Waals surface area contributed by atoms with E-state index in [4.69, 9.17) is 13.9 Å². The molecule has 0 aliphatic carbocycles. The number of hydrogen-bond donors (Lipinski definition) is 0. The molecule has 1 amide bonds. The highest BCUT2D eigenvalue weighted by atomic mass is 79.9. The number of nitrogens with zero attached hydrogens (tertiary/aromatic N) is 2. The van der Waals surface area contributed by atoms with E-state index < -0.39 is 6.04 Å². The van der Waals surface area contributed by atoms with Crippen LogP contribution in [0.4, 0.5) is 4.39 Å². The fourth-order valence-electron chi connectivity index (χ4n) is 3.33. The molecule has 1 aliphatic heterocycles. The minimum atomic E-state index is -0.408. The SMILES string of the molecule is COc1cc(OC)cc(C2=NN(C(=O)c3ccc(Br)o3)[C@@H](c3ccc(F)cc3)C2)c1. The summed E-state index contributed by atoms with van der Waals surface area (Å²) in [6.07, 6.45) is 0.440. The van der Waals surface area contributed by atoms with Crippen molar-refractivity contribution in [3.63, 3.8) is 0 Å². The highest BCUT2D eigenvalue weighted by molar-refractivity contribution is 9.10. The number of carbonyl (C=O) groups excluding carboxylic acids is 1. The lowest BCUT2D eigenvalue weighted by molar-refractivity contribution is 0.0677. The molecule has 30 heavy (non-hydrogen) atoms. The lowest BCUT2D eigenvalue weighted by atomic mass is 9.98. The zero-order valence-electron chi connectivity index (χ0n) is 16.3. The quantitative estimate of drug-likeness (QED) is 0.512. The molecule has 0 spiro atoms. The molecule has 154 valence electrons. The number of halogens is 2. The molecule has 0 radical (unpaired) electrons. The van der Waals surface area contributed by atoms with Crippen LogP contribution in [0.2, 0.25) is 0 Å². The fourth-order valence-corrected chi connectivity index (χ4v) is 3.64. The molecule has 6 nitrogen and oxygen atoms in total. The molecule has 3 aromatic rings. The van der Waals surface area contributed by atoms with Gasteiger partial charge in [0.1, 0.15) is 17.3 Å². The first kappa shape index (κ1) is 20.2. The largest absolute Gasteiger partial charge is 0.497 e. The van der Waals surface area contributed by atoms with Crippen LogP contribution in [0.3, 0.4) is 0 Å². The molecule has 0 saturated heterocycles. The van der Waals surface area contributed by atoms with E-state index in [0.717, 1.165) is 11.1 Å². The summed E-state index contributed by atoms with van der Waals surface area (Å²) < 4.78 is 30.0. The summed E-state index contributed by atoms with van der Waals surface area (Å²) in [4.78, 5) is 13.1. The van der Waals surface area contributed by atoms with E-state index in [2.05, 4.69) is 21.0 Å². The van der Waals surface area contributed by atoms with E-state index in [0.29, 0.717) is 28.3 Å². The van der Waals surface area contributed by atoms with Crippen LogP contribution in [0.25, 0.3) is 0 Å². The molecule has 2 aromatic carbocycles. The van der Waals surface area contributed by atoms with Crippen molar-refractivity contribution in [2.45, 2.75) is 12.5 Å². The molecule has 2 heterocycles. The predicted molar refractivity (Wildman–Crippen MR) is 112 cm³/mol. The van der Waals surface area contributed by atoms with Crippen LogP contribution in [0, 0.1) is 5.82 Å². The van der Waals surface area contributed by atoms with E-state index in [9.17, 15) is 9.18 Å². The number of hydrogen-bond acceptors (Lipinski definition) is 5. The van der Waals surface area contributed by atoms with Gasteiger partial charge in [0.15, 0.2) is 10.4 Å². The monoisotopic (exact) mass is 472 g/mol. The fraction of sp³-hybridized carbons (Fsp3) is 0.182. The second-order valence-corrected chi connectivity index (χ2v) is 7.45. The second kappa shape index (κ2) is 8.31. The van der Waals surface area contributed by atoms with Gasteiger partial charge < -0.3 is 13.9 Å². The summed E-state index contributed by atoms with van der Waals surface area (Å²) in [6, 6.07) is 14.3. The summed E-state index contributed by atoms with van der Waals surface area (Å²) in [6.45, 7) is 0. The molecular formula is C22H18BrFN2O4. The summed E-state index contributed by atoms with van der Waals surface area (Å²) in [5, 5.41) is 5.97. The maximum Gasteiger partial charge on any atom is 0.310 e. The van der Waals surface area contributed by atoms with Crippen molar-refractivity contribution in [1.82, 2.24) is 5.01 Å². The van der Waals surface area contributed by atoms with Crippen molar-refractivity contribution in [2.75, 3.05) is 14.2 Å². The van der Waals surface area contributed by atoms with Crippen LogP contribution in [0.5, 0.6) is 11.5 Å². The standard InChI is InChI=1S/C22H18BrFN2O4/c1-28-16-9-14(10-17(11-16)29-2)18-12-19(13-3-5-15(24)6-4-13)26(25-18)22(27)20-7-8-21(23)30-20/h3-11,19H,12H2,1-2H3/t19-/m1/s1. The number of amides is 1. The number of benzene rings is 2. The highest BCUT2D eigenvalue weighted by Gasteiger charge is 2.35. The minimum absolute atomic E-state index is 0.155. The van der Waals surface area contributed by atoms with Gasteiger partial charge in [-0.15, -0.1) is 0 Å². The number of furan rings is 1. The number of carbonyl (C=O) groups is 1. The van der Waals surface area contributed by atoms with Crippen LogP contribution in [0.1, 0.15) is 34.1 Å². The van der Waals surface area contributed by atoms with E-state index in [-0.39, 0.29) is 17.5 Å². The van der Waals surface area contributed by atoms with Gasteiger partial charge in [-0.3, -0.25) is 4.79 Å². The lowest BCUT2D eigenvalue weighted by Crippen LogP contribution is -2.26. The van der Waals surface area contributed by atoms with Crippen molar-refractivity contribution in [2.24, 2.45) is 5.10 Å². The summed E-state index contributed by atoms with van der Waals surface area (Å²) >= 11 is 3.21. The van der Waals surface area contributed by atoms with Gasteiger partial charge >= 0.3 is 5.91 Å². The molecule has 4 rings (SSSR count). The van der Waals surface area contributed by atoms with Crippen LogP contribution in [-0.4, -0.2) is 30.8 Å². The first-order chi connectivity index (χ1) is 14.5. The Morgan fingerprint density at radius 1 is 1.10 bits per heavy atom. The van der Waals surface area contributed by atoms with Gasteiger partial charge in [-0.05, 0) is 57.9 Å². The number of methoxy groups -OCH3 is 2. The van der Waals surface area contributed by atoms with E-state index in [1.54, 1.807) is 44.6 Å². The first-order valence-corrected chi connectivity index (χ1v) is 9.93. The molecule has 0 N–H and O–H groups in total. The van der Waals surface area contributed by atoms with E-state index >= 15 is 0 Å². The smallest absolute Gasteiger partial charge is 0.310 e. The van der Waals surface area contributed by atoms with Crippen molar-refractivity contribution in [3.8, 4) is 11.5 Å². The maximum atomic E-state index is 13.4.